The molecule has 1 aromatic heterocycles. The van der Waals surface area contributed by atoms with Gasteiger partial charge in [0.1, 0.15) is 0 Å². The molecule has 90 valence electrons. The average Bonchev–Trinajstić information content (AvgIpc) is 2.87. The summed E-state index contributed by atoms with van der Waals surface area (Å²) < 4.78 is 0. The predicted molar refractivity (Wildman–Crippen MR) is 79.2 cm³/mol. The minimum Gasteiger partial charge on any atom is -0.361 e. The minimum absolute atomic E-state index is 1.11. The van der Waals surface area contributed by atoms with E-state index in [1.807, 2.05) is 18.0 Å². The predicted octanol–water partition coefficient (Wildman–Crippen LogP) is 4.50. The van der Waals surface area contributed by atoms with Crippen molar-refractivity contribution in [3.05, 3.63) is 66.4 Å². The molecule has 18 heavy (non-hydrogen) atoms. The molecular formula is C16H15NS. The van der Waals surface area contributed by atoms with E-state index in [0.29, 0.717) is 0 Å². The quantitative estimate of drug-likeness (QED) is 0.677. The summed E-state index contributed by atoms with van der Waals surface area (Å²) in [5.41, 5.74) is 2.62. The summed E-state index contributed by atoms with van der Waals surface area (Å²) in [6, 6.07) is 19.4. The van der Waals surface area contributed by atoms with Crippen LogP contribution in [-0.4, -0.2) is 10.7 Å². The first-order valence-corrected chi connectivity index (χ1v) is 7.14. The van der Waals surface area contributed by atoms with Gasteiger partial charge in [0.25, 0.3) is 0 Å². The van der Waals surface area contributed by atoms with Crippen molar-refractivity contribution in [2.75, 3.05) is 5.75 Å². The third-order valence-corrected chi connectivity index (χ3v) is 4.03. The zero-order valence-corrected chi connectivity index (χ0v) is 10.9. The maximum atomic E-state index is 3.22. The maximum Gasteiger partial charge on any atom is 0.0454 e. The van der Waals surface area contributed by atoms with E-state index in [-0.39, 0.29) is 0 Å². The van der Waals surface area contributed by atoms with E-state index in [1.54, 1.807) is 0 Å². The summed E-state index contributed by atoms with van der Waals surface area (Å²) in [4.78, 5) is 4.57. The third-order valence-electron chi connectivity index (χ3n) is 3.02. The maximum absolute atomic E-state index is 3.22. The molecule has 0 radical (unpaired) electrons. The van der Waals surface area contributed by atoms with E-state index in [1.165, 1.54) is 21.4 Å². The fraction of sp³-hybridized carbons (Fsp3) is 0.125. The normalized spacial score (nSPS) is 10.9. The largest absolute Gasteiger partial charge is 0.361 e. The molecule has 3 aromatic rings. The van der Waals surface area contributed by atoms with E-state index in [4.69, 9.17) is 0 Å². The second-order valence-electron chi connectivity index (χ2n) is 4.31. The zero-order valence-electron chi connectivity index (χ0n) is 10.1. The molecule has 0 fully saturated rings. The molecule has 1 nitrogen and oxygen atoms in total. The Kier molecular flexibility index (Phi) is 3.37. The molecule has 0 spiro atoms. The van der Waals surface area contributed by atoms with Gasteiger partial charge in [-0.15, -0.1) is 11.8 Å². The summed E-state index contributed by atoms with van der Waals surface area (Å²) in [7, 11) is 0. The smallest absolute Gasteiger partial charge is 0.0454 e. The van der Waals surface area contributed by atoms with E-state index in [2.05, 4.69) is 59.6 Å². The molecule has 0 aliphatic heterocycles. The number of hydrogen-bond donors (Lipinski definition) is 1. The number of rotatable bonds is 4. The fourth-order valence-corrected chi connectivity index (χ4v) is 2.98. The topological polar surface area (TPSA) is 15.8 Å². The number of hydrogen-bond acceptors (Lipinski definition) is 1. The Morgan fingerprint density at radius 3 is 2.72 bits per heavy atom. The van der Waals surface area contributed by atoms with Crippen molar-refractivity contribution in [1.82, 2.24) is 4.98 Å². The van der Waals surface area contributed by atoms with E-state index in [9.17, 15) is 0 Å². The second kappa shape index (κ2) is 5.32. The zero-order chi connectivity index (χ0) is 12.2. The molecule has 2 aromatic carbocycles. The van der Waals surface area contributed by atoms with E-state index in [0.717, 1.165) is 12.2 Å². The molecule has 1 heterocycles. The van der Waals surface area contributed by atoms with Gasteiger partial charge >= 0.3 is 0 Å². The van der Waals surface area contributed by atoms with Gasteiger partial charge in [0.05, 0.1) is 0 Å². The molecule has 0 amide bonds. The lowest BCUT2D eigenvalue weighted by Crippen LogP contribution is -1.88. The van der Waals surface area contributed by atoms with Crippen LogP contribution in [0.2, 0.25) is 0 Å². The van der Waals surface area contributed by atoms with Gasteiger partial charge in [-0.25, -0.2) is 0 Å². The second-order valence-corrected chi connectivity index (χ2v) is 5.48. The summed E-state index contributed by atoms with van der Waals surface area (Å²) in [6.45, 7) is 0. The van der Waals surface area contributed by atoms with E-state index >= 15 is 0 Å². The fourth-order valence-electron chi connectivity index (χ4n) is 2.06. The van der Waals surface area contributed by atoms with Crippen molar-refractivity contribution >= 4 is 22.7 Å². The van der Waals surface area contributed by atoms with Crippen LogP contribution < -0.4 is 0 Å². The van der Waals surface area contributed by atoms with Crippen molar-refractivity contribution in [2.24, 2.45) is 0 Å². The van der Waals surface area contributed by atoms with Gasteiger partial charge in [0.15, 0.2) is 0 Å². The van der Waals surface area contributed by atoms with Gasteiger partial charge in [0.2, 0.25) is 0 Å². The van der Waals surface area contributed by atoms with Crippen LogP contribution >= 0.6 is 11.8 Å². The van der Waals surface area contributed by atoms with Crippen molar-refractivity contribution in [1.29, 1.82) is 0 Å². The standard InChI is InChI=1S/C16H15NS/c1-2-4-15(5-3-1)18-11-9-13-6-7-16-14(12-13)8-10-17-16/h1-8,10,12,17H,9,11H2. The lowest BCUT2D eigenvalue weighted by Gasteiger charge is -2.02. The van der Waals surface area contributed by atoms with Crippen LogP contribution in [0.25, 0.3) is 10.9 Å². The van der Waals surface area contributed by atoms with Crippen molar-refractivity contribution < 1.29 is 0 Å². The highest BCUT2D eigenvalue weighted by Gasteiger charge is 1.98. The molecule has 3 rings (SSSR count). The van der Waals surface area contributed by atoms with Crippen LogP contribution in [0.15, 0.2) is 65.7 Å². The highest BCUT2D eigenvalue weighted by atomic mass is 32.2. The number of benzene rings is 2. The van der Waals surface area contributed by atoms with Crippen LogP contribution in [0.5, 0.6) is 0 Å². The van der Waals surface area contributed by atoms with Crippen LogP contribution in [0.4, 0.5) is 0 Å². The monoisotopic (exact) mass is 253 g/mol. The molecule has 0 atom stereocenters. The Morgan fingerprint density at radius 1 is 0.944 bits per heavy atom. The van der Waals surface area contributed by atoms with Crippen LogP contribution in [-0.2, 0) is 6.42 Å². The van der Waals surface area contributed by atoms with Gasteiger partial charge in [-0.05, 0) is 47.7 Å². The Bertz CT molecular complexity index is 628. The summed E-state index contributed by atoms with van der Waals surface area (Å²) in [5, 5.41) is 1.30. The van der Waals surface area contributed by atoms with Gasteiger partial charge in [-0.2, -0.15) is 0 Å². The molecule has 0 unspecified atom stereocenters. The van der Waals surface area contributed by atoms with Gasteiger partial charge in [-0.3, -0.25) is 0 Å². The molecule has 0 saturated heterocycles. The molecular weight excluding hydrogens is 238 g/mol. The molecule has 0 aliphatic rings. The van der Waals surface area contributed by atoms with Crippen LogP contribution in [0, 0.1) is 0 Å². The van der Waals surface area contributed by atoms with Crippen molar-refractivity contribution in [3.8, 4) is 0 Å². The number of nitrogens with one attached hydrogen (secondary N) is 1. The number of aryl methyl sites for hydroxylation is 1. The van der Waals surface area contributed by atoms with Crippen molar-refractivity contribution in [3.63, 3.8) is 0 Å². The van der Waals surface area contributed by atoms with Crippen molar-refractivity contribution in [2.45, 2.75) is 11.3 Å². The minimum atomic E-state index is 1.11. The summed E-state index contributed by atoms with van der Waals surface area (Å²) in [5.74, 6) is 1.12. The highest BCUT2D eigenvalue weighted by Crippen LogP contribution is 2.20. The summed E-state index contributed by atoms with van der Waals surface area (Å²) in [6.07, 6.45) is 3.11. The highest BCUT2D eigenvalue weighted by molar-refractivity contribution is 7.99. The number of fused-ring (bicyclic) bond motifs is 1. The Labute approximate surface area is 111 Å². The molecule has 0 bridgehead atoms. The molecule has 2 heteroatoms. The lowest BCUT2D eigenvalue weighted by molar-refractivity contribution is 1.16. The number of aromatic nitrogens is 1. The average molecular weight is 253 g/mol. The molecule has 1 N–H and O–H groups in total. The third kappa shape index (κ3) is 2.59. The summed E-state index contributed by atoms with van der Waals surface area (Å²) >= 11 is 1.91. The first kappa shape index (κ1) is 11.4. The first-order valence-electron chi connectivity index (χ1n) is 6.16. The van der Waals surface area contributed by atoms with E-state index < -0.39 is 0 Å². The Morgan fingerprint density at radius 2 is 1.83 bits per heavy atom. The first-order chi connectivity index (χ1) is 8.92. The van der Waals surface area contributed by atoms with Crippen LogP contribution in [0.1, 0.15) is 5.56 Å². The molecule has 0 aliphatic carbocycles. The lowest BCUT2D eigenvalue weighted by atomic mass is 10.1. The number of aromatic amines is 1. The SMILES string of the molecule is c1ccc(SCCc2ccc3[nH]ccc3c2)cc1. The van der Waals surface area contributed by atoms with Gasteiger partial charge < -0.3 is 4.98 Å². The number of thioether (sulfide) groups is 1. The van der Waals surface area contributed by atoms with Crippen LogP contribution in [0.3, 0.4) is 0 Å². The Hall–Kier alpha value is -1.67. The number of H-pyrrole nitrogens is 1. The van der Waals surface area contributed by atoms with Gasteiger partial charge in [0, 0.05) is 22.4 Å². The Balaban J connectivity index is 1.62. The van der Waals surface area contributed by atoms with Gasteiger partial charge in [-0.1, -0.05) is 24.3 Å². The molecule has 0 saturated carbocycles.